The second kappa shape index (κ2) is 15.6. The van der Waals surface area contributed by atoms with E-state index in [-0.39, 0.29) is 5.91 Å². The van der Waals surface area contributed by atoms with Crippen molar-refractivity contribution in [2.24, 2.45) is 5.92 Å². The molecule has 4 heteroatoms. The predicted octanol–water partition coefficient (Wildman–Crippen LogP) is 5.28. The van der Waals surface area contributed by atoms with Gasteiger partial charge in [0.1, 0.15) is 0 Å². The molecule has 0 aromatic rings. The molecule has 0 aromatic heterocycles. The van der Waals surface area contributed by atoms with Crippen molar-refractivity contribution in [1.82, 2.24) is 5.32 Å². The van der Waals surface area contributed by atoms with Crippen molar-refractivity contribution >= 4 is 27.5 Å². The molecule has 0 rings (SSSR count). The van der Waals surface area contributed by atoms with Gasteiger partial charge in [-0.05, 0) is 18.8 Å². The van der Waals surface area contributed by atoms with Gasteiger partial charge in [0.15, 0.2) is 0 Å². The van der Waals surface area contributed by atoms with Crippen molar-refractivity contribution < 1.29 is 4.79 Å². The van der Waals surface area contributed by atoms with E-state index >= 15 is 0 Å². The number of rotatable bonds is 14. The van der Waals surface area contributed by atoms with Crippen molar-refractivity contribution in [2.75, 3.05) is 18.1 Å². The molecule has 0 saturated heterocycles. The van der Waals surface area contributed by atoms with E-state index in [1.54, 1.807) is 0 Å². The third kappa shape index (κ3) is 16.2. The smallest absolute Gasteiger partial charge is 0.220 e. The highest BCUT2D eigenvalue weighted by molar-refractivity contribution is 8.76. The van der Waals surface area contributed by atoms with Gasteiger partial charge in [-0.3, -0.25) is 4.79 Å². The Morgan fingerprint density at radius 3 is 2.40 bits per heavy atom. The molecule has 1 amide bonds. The van der Waals surface area contributed by atoms with Gasteiger partial charge < -0.3 is 5.32 Å². The fraction of sp³-hybridized carbons (Fsp3) is 0.938. The second-order valence-corrected chi connectivity index (χ2v) is 8.40. The molecule has 0 saturated carbocycles. The van der Waals surface area contributed by atoms with Crippen LogP contribution in [0.5, 0.6) is 0 Å². The van der Waals surface area contributed by atoms with E-state index in [1.165, 1.54) is 37.9 Å². The largest absolute Gasteiger partial charge is 0.355 e. The van der Waals surface area contributed by atoms with Crippen LogP contribution in [-0.2, 0) is 4.79 Å². The Morgan fingerprint density at radius 2 is 1.70 bits per heavy atom. The Kier molecular flexibility index (Phi) is 15.7. The van der Waals surface area contributed by atoms with E-state index in [4.69, 9.17) is 0 Å². The first-order valence-electron chi connectivity index (χ1n) is 8.18. The summed E-state index contributed by atoms with van der Waals surface area (Å²) in [6, 6.07) is 0. The Balaban J connectivity index is 3.08. The molecule has 20 heavy (non-hydrogen) atoms. The monoisotopic (exact) mass is 319 g/mol. The summed E-state index contributed by atoms with van der Waals surface area (Å²) in [7, 11) is 3.84. The Morgan fingerprint density at radius 1 is 1.00 bits per heavy atom. The zero-order valence-electron chi connectivity index (χ0n) is 13.6. The average molecular weight is 320 g/mol. The minimum absolute atomic E-state index is 0.211. The van der Waals surface area contributed by atoms with E-state index < -0.39 is 0 Å². The fourth-order valence-electron chi connectivity index (χ4n) is 1.84. The molecule has 0 bridgehead atoms. The zero-order chi connectivity index (χ0) is 15.1. The molecular weight excluding hydrogens is 286 g/mol. The molecule has 0 aliphatic heterocycles. The van der Waals surface area contributed by atoms with Crippen molar-refractivity contribution in [3.63, 3.8) is 0 Å². The molecule has 2 nitrogen and oxygen atoms in total. The first kappa shape index (κ1) is 20.2. The SMILES string of the molecule is CCCCC(=O)NCCSSCCCCCCC(C)C. The van der Waals surface area contributed by atoms with Gasteiger partial charge in [-0.15, -0.1) is 0 Å². The Bertz CT molecular complexity index is 223. The molecule has 1 N–H and O–H groups in total. The van der Waals surface area contributed by atoms with Crippen LogP contribution in [0.4, 0.5) is 0 Å². The first-order chi connectivity index (χ1) is 9.66. The van der Waals surface area contributed by atoms with Crippen molar-refractivity contribution in [3.05, 3.63) is 0 Å². The first-order valence-corrected chi connectivity index (χ1v) is 10.7. The maximum atomic E-state index is 11.4. The molecule has 0 aromatic carbocycles. The van der Waals surface area contributed by atoms with Crippen LogP contribution in [-0.4, -0.2) is 24.0 Å². The van der Waals surface area contributed by atoms with Crippen LogP contribution < -0.4 is 5.32 Å². The van der Waals surface area contributed by atoms with Gasteiger partial charge in [-0.25, -0.2) is 0 Å². The number of nitrogens with one attached hydrogen (secondary N) is 1. The van der Waals surface area contributed by atoms with Gasteiger partial charge >= 0.3 is 0 Å². The molecule has 0 aliphatic rings. The molecule has 0 fully saturated rings. The second-order valence-electron chi connectivity index (χ2n) is 5.69. The van der Waals surface area contributed by atoms with Crippen molar-refractivity contribution in [2.45, 2.75) is 72.1 Å². The van der Waals surface area contributed by atoms with E-state index in [0.717, 1.165) is 31.1 Å². The fourth-order valence-corrected chi connectivity index (χ4v) is 3.90. The highest BCUT2D eigenvalue weighted by Crippen LogP contribution is 2.22. The lowest BCUT2D eigenvalue weighted by Crippen LogP contribution is -2.25. The molecule has 0 radical (unpaired) electrons. The van der Waals surface area contributed by atoms with Crippen LogP contribution in [0, 0.1) is 5.92 Å². The molecular formula is C16H33NOS2. The zero-order valence-corrected chi connectivity index (χ0v) is 15.2. The maximum absolute atomic E-state index is 11.4. The Hall–Kier alpha value is 0.170. The van der Waals surface area contributed by atoms with Crippen LogP contribution >= 0.6 is 21.6 Å². The minimum Gasteiger partial charge on any atom is -0.355 e. The van der Waals surface area contributed by atoms with Crippen LogP contribution in [0.15, 0.2) is 0 Å². The summed E-state index contributed by atoms with van der Waals surface area (Å²) in [5.41, 5.74) is 0. The molecule has 0 spiro atoms. The predicted molar refractivity (Wildman–Crippen MR) is 95.4 cm³/mol. The lowest BCUT2D eigenvalue weighted by Gasteiger charge is -2.05. The topological polar surface area (TPSA) is 29.1 Å². The average Bonchev–Trinajstić information content (AvgIpc) is 2.42. The number of carbonyl (C=O) groups is 1. The summed E-state index contributed by atoms with van der Waals surface area (Å²) in [6.07, 6.45) is 9.63. The van der Waals surface area contributed by atoms with Crippen LogP contribution in [0.2, 0.25) is 0 Å². The van der Waals surface area contributed by atoms with Gasteiger partial charge in [0, 0.05) is 24.5 Å². The third-order valence-electron chi connectivity index (χ3n) is 3.11. The summed E-state index contributed by atoms with van der Waals surface area (Å²) in [5, 5.41) is 2.97. The van der Waals surface area contributed by atoms with Crippen molar-refractivity contribution in [3.8, 4) is 0 Å². The highest BCUT2D eigenvalue weighted by atomic mass is 33.1. The number of carbonyl (C=O) groups excluding carboxylic acids is 1. The van der Waals surface area contributed by atoms with Crippen molar-refractivity contribution in [1.29, 1.82) is 0 Å². The minimum atomic E-state index is 0.211. The van der Waals surface area contributed by atoms with Crippen LogP contribution in [0.25, 0.3) is 0 Å². The number of amides is 1. The normalized spacial score (nSPS) is 11.0. The van der Waals surface area contributed by atoms with Crippen LogP contribution in [0.1, 0.15) is 72.1 Å². The molecule has 0 aliphatic carbocycles. The number of hydrogen-bond acceptors (Lipinski definition) is 3. The molecule has 0 atom stereocenters. The standard InChI is InChI=1S/C16H33NOS2/c1-4-5-11-16(18)17-12-14-20-19-13-9-7-6-8-10-15(2)3/h15H,4-14H2,1-3H3,(H,17,18). The maximum Gasteiger partial charge on any atom is 0.220 e. The van der Waals surface area contributed by atoms with Crippen LogP contribution in [0.3, 0.4) is 0 Å². The summed E-state index contributed by atoms with van der Waals surface area (Å²) in [6.45, 7) is 7.53. The summed E-state index contributed by atoms with van der Waals surface area (Å²) in [5.74, 6) is 3.33. The molecule has 120 valence electrons. The van der Waals surface area contributed by atoms with Gasteiger partial charge in [-0.1, -0.05) is 74.5 Å². The summed E-state index contributed by atoms with van der Waals surface area (Å²) < 4.78 is 0. The molecule has 0 unspecified atom stereocenters. The third-order valence-corrected chi connectivity index (χ3v) is 5.60. The van der Waals surface area contributed by atoms with E-state index in [9.17, 15) is 4.79 Å². The Labute approximate surface area is 134 Å². The highest BCUT2D eigenvalue weighted by Gasteiger charge is 1.99. The number of hydrogen-bond donors (Lipinski definition) is 1. The quantitative estimate of drug-likeness (QED) is 0.349. The van der Waals surface area contributed by atoms with E-state index in [1.807, 2.05) is 21.6 Å². The van der Waals surface area contributed by atoms with E-state index in [2.05, 4.69) is 26.1 Å². The lowest BCUT2D eigenvalue weighted by molar-refractivity contribution is -0.121. The van der Waals surface area contributed by atoms with Gasteiger partial charge in [0.2, 0.25) is 5.91 Å². The summed E-state index contributed by atoms with van der Waals surface area (Å²) in [4.78, 5) is 11.4. The molecule has 0 heterocycles. The van der Waals surface area contributed by atoms with Gasteiger partial charge in [0.05, 0.1) is 0 Å². The van der Waals surface area contributed by atoms with E-state index in [0.29, 0.717) is 6.42 Å². The lowest BCUT2D eigenvalue weighted by atomic mass is 10.0. The number of unbranched alkanes of at least 4 members (excludes halogenated alkanes) is 4. The van der Waals surface area contributed by atoms with Gasteiger partial charge in [-0.2, -0.15) is 0 Å². The summed E-state index contributed by atoms with van der Waals surface area (Å²) >= 11 is 0. The van der Waals surface area contributed by atoms with Gasteiger partial charge in [0.25, 0.3) is 0 Å².